The molecule has 1 aromatic carbocycles. The Labute approximate surface area is 170 Å². The summed E-state index contributed by atoms with van der Waals surface area (Å²) in [7, 11) is 1.40. The first-order chi connectivity index (χ1) is 13.8. The highest BCUT2D eigenvalue weighted by Gasteiger charge is 2.54. The first kappa shape index (κ1) is 21.5. The third-order valence-electron chi connectivity index (χ3n) is 6.17. The molecule has 2 heterocycles. The van der Waals surface area contributed by atoms with E-state index in [1.54, 1.807) is 17.9 Å². The van der Waals surface area contributed by atoms with Crippen LogP contribution in [0.4, 0.5) is 4.39 Å². The van der Waals surface area contributed by atoms with Gasteiger partial charge in [-0.2, -0.15) is 0 Å². The molecule has 0 bridgehead atoms. The Bertz CT molecular complexity index is 778. The number of carbonyl (C=O) groups is 2. The molecule has 2 amide bonds. The summed E-state index contributed by atoms with van der Waals surface area (Å²) in [6, 6.07) is 4.28. The van der Waals surface area contributed by atoms with Crippen LogP contribution >= 0.6 is 0 Å². The number of halogens is 1. The SMILES string of the molecule is CCC(=O)N[C@@]1(C)CCOC2(CCN(C(=O)c3c(F)cccc3OC)CC2)[C@@H]1O. The molecule has 2 fully saturated rings. The zero-order chi connectivity index (χ0) is 21.2. The van der Waals surface area contributed by atoms with Gasteiger partial charge in [0.15, 0.2) is 0 Å². The molecule has 2 aliphatic rings. The molecule has 7 nitrogen and oxygen atoms in total. The number of rotatable bonds is 4. The van der Waals surface area contributed by atoms with Gasteiger partial charge in [0.2, 0.25) is 5.91 Å². The standard InChI is InChI=1S/C21H29FN2O5/c1-4-16(25)23-20(2)10-13-29-21(19(20)27)8-11-24(12-9-21)18(26)17-14(22)6-5-7-15(17)28-3/h5-7,19,27H,4,8-13H2,1-3H3,(H,23,25)/t19-,20+/m1/s1. The molecule has 2 atom stereocenters. The Kier molecular flexibility index (Phi) is 6.14. The second-order valence-corrected chi connectivity index (χ2v) is 7.99. The summed E-state index contributed by atoms with van der Waals surface area (Å²) in [6.07, 6.45) is 0.738. The summed E-state index contributed by atoms with van der Waals surface area (Å²) in [5.41, 5.74) is -1.72. The largest absolute Gasteiger partial charge is 0.496 e. The van der Waals surface area contributed by atoms with Crippen molar-refractivity contribution in [1.82, 2.24) is 10.2 Å². The third kappa shape index (κ3) is 3.96. The van der Waals surface area contributed by atoms with Gasteiger partial charge in [-0.25, -0.2) is 4.39 Å². The van der Waals surface area contributed by atoms with Crippen molar-refractivity contribution in [3.63, 3.8) is 0 Å². The van der Waals surface area contributed by atoms with Crippen LogP contribution in [-0.4, -0.2) is 65.9 Å². The topological polar surface area (TPSA) is 88.1 Å². The first-order valence-electron chi connectivity index (χ1n) is 10.0. The van der Waals surface area contributed by atoms with E-state index in [4.69, 9.17) is 9.47 Å². The van der Waals surface area contributed by atoms with Gasteiger partial charge in [-0.15, -0.1) is 0 Å². The summed E-state index contributed by atoms with van der Waals surface area (Å²) in [6.45, 7) is 4.63. The summed E-state index contributed by atoms with van der Waals surface area (Å²) >= 11 is 0. The van der Waals surface area contributed by atoms with E-state index in [2.05, 4.69) is 5.32 Å². The van der Waals surface area contributed by atoms with Gasteiger partial charge in [0.1, 0.15) is 23.2 Å². The van der Waals surface area contributed by atoms with E-state index in [1.165, 1.54) is 19.2 Å². The van der Waals surface area contributed by atoms with E-state index in [1.807, 2.05) is 6.92 Å². The van der Waals surface area contributed by atoms with Gasteiger partial charge in [-0.1, -0.05) is 13.0 Å². The maximum atomic E-state index is 14.3. The molecule has 0 radical (unpaired) electrons. The first-order valence-corrected chi connectivity index (χ1v) is 10.0. The van der Waals surface area contributed by atoms with Crippen LogP contribution in [0.2, 0.25) is 0 Å². The van der Waals surface area contributed by atoms with E-state index in [0.29, 0.717) is 45.4 Å². The van der Waals surface area contributed by atoms with Crippen LogP contribution < -0.4 is 10.1 Å². The summed E-state index contributed by atoms with van der Waals surface area (Å²) in [5, 5.41) is 14.0. The molecule has 0 aliphatic carbocycles. The number of aliphatic hydroxyl groups excluding tert-OH is 1. The molecule has 1 aromatic rings. The predicted molar refractivity (Wildman–Crippen MR) is 104 cm³/mol. The number of benzene rings is 1. The highest BCUT2D eigenvalue weighted by molar-refractivity contribution is 5.97. The average Bonchev–Trinajstić information content (AvgIpc) is 2.72. The molecule has 2 aliphatic heterocycles. The Hall–Kier alpha value is -2.19. The molecule has 2 saturated heterocycles. The van der Waals surface area contributed by atoms with Crippen molar-refractivity contribution in [3.8, 4) is 5.75 Å². The molecule has 160 valence electrons. The number of carbonyl (C=O) groups excluding carboxylic acids is 2. The number of hydrogen-bond acceptors (Lipinski definition) is 5. The van der Waals surface area contributed by atoms with E-state index in [-0.39, 0.29) is 17.2 Å². The Balaban J connectivity index is 1.74. The normalized spacial score (nSPS) is 26.2. The molecular weight excluding hydrogens is 379 g/mol. The van der Waals surface area contributed by atoms with Crippen molar-refractivity contribution < 1.29 is 28.6 Å². The second-order valence-electron chi connectivity index (χ2n) is 7.99. The average molecular weight is 408 g/mol. The van der Waals surface area contributed by atoms with Gasteiger partial charge >= 0.3 is 0 Å². The van der Waals surface area contributed by atoms with Crippen LogP contribution in [0.25, 0.3) is 0 Å². The number of piperidine rings is 1. The lowest BCUT2D eigenvalue weighted by Gasteiger charge is -2.53. The van der Waals surface area contributed by atoms with Crippen LogP contribution in [-0.2, 0) is 9.53 Å². The Morgan fingerprint density at radius 3 is 2.66 bits per heavy atom. The van der Waals surface area contributed by atoms with E-state index in [9.17, 15) is 19.1 Å². The van der Waals surface area contributed by atoms with Crippen molar-refractivity contribution in [2.45, 2.75) is 56.8 Å². The molecular formula is C21H29FN2O5. The minimum atomic E-state index is -0.903. The zero-order valence-corrected chi connectivity index (χ0v) is 17.2. The van der Waals surface area contributed by atoms with Gasteiger partial charge in [-0.3, -0.25) is 9.59 Å². The van der Waals surface area contributed by atoms with Gasteiger partial charge < -0.3 is 24.8 Å². The number of hydrogen-bond donors (Lipinski definition) is 2. The van der Waals surface area contributed by atoms with Crippen LogP contribution in [0, 0.1) is 5.82 Å². The second kappa shape index (κ2) is 8.28. The van der Waals surface area contributed by atoms with E-state index >= 15 is 0 Å². The molecule has 2 N–H and O–H groups in total. The highest BCUT2D eigenvalue weighted by Crippen LogP contribution is 2.40. The number of methoxy groups -OCH3 is 1. The fourth-order valence-corrected chi connectivity index (χ4v) is 4.35. The van der Waals surface area contributed by atoms with Crippen molar-refractivity contribution in [1.29, 1.82) is 0 Å². The van der Waals surface area contributed by atoms with Crippen LogP contribution in [0.15, 0.2) is 18.2 Å². The van der Waals surface area contributed by atoms with Gasteiger partial charge in [-0.05, 0) is 38.3 Å². The lowest BCUT2D eigenvalue weighted by molar-refractivity contribution is -0.205. The quantitative estimate of drug-likeness (QED) is 0.794. The number of ether oxygens (including phenoxy) is 2. The molecule has 3 rings (SSSR count). The maximum absolute atomic E-state index is 14.3. The van der Waals surface area contributed by atoms with Gasteiger partial charge in [0.25, 0.3) is 5.91 Å². The van der Waals surface area contributed by atoms with Crippen molar-refractivity contribution >= 4 is 11.8 Å². The van der Waals surface area contributed by atoms with Crippen molar-refractivity contribution in [2.24, 2.45) is 0 Å². The van der Waals surface area contributed by atoms with Crippen molar-refractivity contribution in [2.75, 3.05) is 26.8 Å². The Morgan fingerprint density at radius 2 is 2.03 bits per heavy atom. The van der Waals surface area contributed by atoms with Crippen molar-refractivity contribution in [3.05, 3.63) is 29.6 Å². The molecule has 0 aromatic heterocycles. The fourth-order valence-electron chi connectivity index (χ4n) is 4.35. The number of amides is 2. The van der Waals surface area contributed by atoms with E-state index in [0.717, 1.165) is 0 Å². The zero-order valence-electron chi connectivity index (χ0n) is 17.2. The summed E-state index contributed by atoms with van der Waals surface area (Å²) < 4.78 is 25.4. The minimum absolute atomic E-state index is 0.0869. The lowest BCUT2D eigenvalue weighted by Crippen LogP contribution is -2.69. The van der Waals surface area contributed by atoms with E-state index < -0.39 is 29.0 Å². The number of aliphatic hydroxyl groups is 1. The molecule has 0 saturated carbocycles. The van der Waals surface area contributed by atoms with Crippen LogP contribution in [0.3, 0.4) is 0 Å². The Morgan fingerprint density at radius 1 is 1.34 bits per heavy atom. The summed E-state index contributed by atoms with van der Waals surface area (Å²) in [5.74, 6) is -0.998. The summed E-state index contributed by atoms with van der Waals surface area (Å²) in [4.78, 5) is 26.4. The monoisotopic (exact) mass is 408 g/mol. The molecule has 1 spiro atoms. The number of likely N-dealkylation sites (tertiary alicyclic amines) is 1. The molecule has 29 heavy (non-hydrogen) atoms. The maximum Gasteiger partial charge on any atom is 0.260 e. The lowest BCUT2D eigenvalue weighted by atomic mass is 9.73. The van der Waals surface area contributed by atoms with Crippen LogP contribution in [0.1, 0.15) is 49.9 Å². The molecule has 8 heteroatoms. The van der Waals surface area contributed by atoms with Gasteiger partial charge in [0.05, 0.1) is 18.2 Å². The smallest absolute Gasteiger partial charge is 0.260 e. The number of nitrogens with one attached hydrogen (secondary N) is 1. The van der Waals surface area contributed by atoms with Crippen LogP contribution in [0.5, 0.6) is 5.75 Å². The third-order valence-corrected chi connectivity index (χ3v) is 6.17. The minimum Gasteiger partial charge on any atom is -0.496 e. The van der Waals surface area contributed by atoms with Gasteiger partial charge in [0, 0.05) is 26.1 Å². The molecule has 0 unspecified atom stereocenters. The highest BCUT2D eigenvalue weighted by atomic mass is 19.1. The predicted octanol–water partition coefficient (Wildman–Crippen LogP) is 1.88. The fraction of sp³-hybridized carbons (Fsp3) is 0.619. The number of nitrogens with zero attached hydrogens (tertiary/aromatic N) is 1.